The molecular weight excluding hydrogens is 324 g/mol. The van der Waals surface area contributed by atoms with E-state index < -0.39 is 0 Å². The van der Waals surface area contributed by atoms with Crippen LogP contribution in [0, 0.1) is 11.3 Å². The average molecular weight is 344 g/mol. The molecule has 5 nitrogen and oxygen atoms in total. The minimum absolute atomic E-state index is 0.00620. The predicted molar refractivity (Wildman–Crippen MR) is 99.6 cm³/mol. The maximum atomic E-state index is 13.1. The average Bonchev–Trinajstić information content (AvgIpc) is 3.31. The third-order valence-corrected chi connectivity index (χ3v) is 5.07. The van der Waals surface area contributed by atoms with Crippen molar-refractivity contribution in [1.29, 1.82) is 5.26 Å². The topological polar surface area (TPSA) is 61.9 Å². The van der Waals surface area contributed by atoms with Gasteiger partial charge in [-0.2, -0.15) is 5.26 Å². The number of aromatic nitrogens is 2. The van der Waals surface area contributed by atoms with Gasteiger partial charge in [0.25, 0.3) is 5.91 Å². The zero-order valence-corrected chi connectivity index (χ0v) is 14.7. The fourth-order valence-corrected chi connectivity index (χ4v) is 3.81. The molecule has 0 saturated carbocycles. The number of nitrogens with zero attached hydrogens (tertiary/aromatic N) is 4. The van der Waals surface area contributed by atoms with Crippen LogP contribution in [0.25, 0.3) is 11.0 Å². The number of carbonyl (C=O) groups is 1. The number of nitriles is 1. The van der Waals surface area contributed by atoms with Crippen LogP contribution in [0.4, 0.5) is 0 Å². The first kappa shape index (κ1) is 16.3. The summed E-state index contributed by atoms with van der Waals surface area (Å²) < 4.78 is 2.21. The van der Waals surface area contributed by atoms with Crippen molar-refractivity contribution in [3.63, 3.8) is 0 Å². The standard InChI is InChI=1S/C21H20N4O/c1-2-24-18-7-4-3-6-17(18)23-20(24)19-8-5-13-25(19)21(26)16-11-9-15(14-22)10-12-16/h3-4,6-7,9-12,19H,2,5,8,13H2,1H3/t19-/m0/s1. The maximum absolute atomic E-state index is 13.1. The number of hydrogen-bond donors (Lipinski definition) is 0. The molecule has 1 aliphatic heterocycles. The van der Waals surface area contributed by atoms with Crippen LogP contribution in [0.5, 0.6) is 0 Å². The number of hydrogen-bond acceptors (Lipinski definition) is 3. The largest absolute Gasteiger partial charge is 0.328 e. The number of carbonyl (C=O) groups excluding carboxylic acids is 1. The zero-order valence-electron chi connectivity index (χ0n) is 14.7. The van der Waals surface area contributed by atoms with Crippen molar-refractivity contribution in [2.24, 2.45) is 0 Å². The molecule has 3 aromatic rings. The van der Waals surface area contributed by atoms with E-state index in [1.54, 1.807) is 24.3 Å². The lowest BCUT2D eigenvalue weighted by Crippen LogP contribution is -2.32. The van der Waals surface area contributed by atoms with Gasteiger partial charge >= 0.3 is 0 Å². The third kappa shape index (κ3) is 2.64. The van der Waals surface area contributed by atoms with Crippen LogP contribution < -0.4 is 0 Å². The van der Waals surface area contributed by atoms with Gasteiger partial charge in [-0.05, 0) is 56.2 Å². The molecule has 0 radical (unpaired) electrons. The molecule has 0 unspecified atom stereocenters. The minimum Gasteiger partial charge on any atom is -0.328 e. The molecule has 1 fully saturated rings. The van der Waals surface area contributed by atoms with Gasteiger partial charge in [0, 0.05) is 18.7 Å². The highest BCUT2D eigenvalue weighted by atomic mass is 16.2. The van der Waals surface area contributed by atoms with Crippen LogP contribution in [0.2, 0.25) is 0 Å². The number of rotatable bonds is 3. The first-order valence-electron chi connectivity index (χ1n) is 8.99. The molecule has 5 heteroatoms. The highest BCUT2D eigenvalue weighted by Gasteiger charge is 2.34. The molecule has 1 atom stereocenters. The van der Waals surface area contributed by atoms with Crippen LogP contribution >= 0.6 is 0 Å². The van der Waals surface area contributed by atoms with Crippen molar-refractivity contribution < 1.29 is 4.79 Å². The van der Waals surface area contributed by atoms with E-state index in [2.05, 4.69) is 23.6 Å². The molecule has 2 aromatic carbocycles. The van der Waals surface area contributed by atoms with Crippen LogP contribution in [0.15, 0.2) is 48.5 Å². The molecule has 0 aliphatic carbocycles. The number of amides is 1. The fourth-order valence-electron chi connectivity index (χ4n) is 3.81. The lowest BCUT2D eigenvalue weighted by Gasteiger charge is -2.25. The Labute approximate surface area is 152 Å². The van der Waals surface area contributed by atoms with Gasteiger partial charge in [0.1, 0.15) is 5.82 Å². The van der Waals surface area contributed by atoms with Gasteiger partial charge in [-0.25, -0.2) is 4.98 Å². The van der Waals surface area contributed by atoms with E-state index in [1.807, 2.05) is 23.1 Å². The van der Waals surface area contributed by atoms with Crippen molar-refractivity contribution >= 4 is 16.9 Å². The third-order valence-electron chi connectivity index (χ3n) is 5.07. The highest BCUT2D eigenvalue weighted by Crippen LogP contribution is 2.34. The Morgan fingerprint density at radius 2 is 2.00 bits per heavy atom. The van der Waals surface area contributed by atoms with Gasteiger partial charge < -0.3 is 9.47 Å². The Morgan fingerprint density at radius 1 is 1.23 bits per heavy atom. The van der Waals surface area contributed by atoms with Gasteiger partial charge in [0.05, 0.1) is 28.7 Å². The summed E-state index contributed by atoms with van der Waals surface area (Å²) in [4.78, 5) is 19.8. The quantitative estimate of drug-likeness (QED) is 0.724. The summed E-state index contributed by atoms with van der Waals surface area (Å²) in [6.45, 7) is 3.67. The predicted octanol–water partition coefficient (Wildman–Crippen LogP) is 3.91. The second kappa shape index (κ2) is 6.64. The molecule has 1 aromatic heterocycles. The summed E-state index contributed by atoms with van der Waals surface area (Å²) in [5.74, 6) is 0.972. The summed E-state index contributed by atoms with van der Waals surface area (Å²) in [5.41, 5.74) is 3.27. The summed E-state index contributed by atoms with van der Waals surface area (Å²) in [6.07, 6.45) is 1.89. The van der Waals surface area contributed by atoms with E-state index in [0.29, 0.717) is 11.1 Å². The van der Waals surface area contributed by atoms with Crippen molar-refractivity contribution in [3.05, 3.63) is 65.5 Å². The number of para-hydroxylation sites is 2. The van der Waals surface area contributed by atoms with E-state index >= 15 is 0 Å². The molecule has 26 heavy (non-hydrogen) atoms. The van der Waals surface area contributed by atoms with Crippen molar-refractivity contribution in [2.45, 2.75) is 32.4 Å². The number of likely N-dealkylation sites (tertiary alicyclic amines) is 1. The van der Waals surface area contributed by atoms with Gasteiger partial charge in [-0.15, -0.1) is 0 Å². The lowest BCUT2D eigenvalue weighted by molar-refractivity contribution is 0.0728. The number of benzene rings is 2. The number of fused-ring (bicyclic) bond motifs is 1. The fraction of sp³-hybridized carbons (Fsp3) is 0.286. The van der Waals surface area contributed by atoms with E-state index in [0.717, 1.165) is 42.8 Å². The Hall–Kier alpha value is -3.13. The first-order valence-corrected chi connectivity index (χ1v) is 8.99. The molecular formula is C21H20N4O. The smallest absolute Gasteiger partial charge is 0.254 e. The van der Waals surface area contributed by atoms with Crippen molar-refractivity contribution in [1.82, 2.24) is 14.5 Å². The molecule has 0 bridgehead atoms. The van der Waals surface area contributed by atoms with Gasteiger partial charge in [-0.1, -0.05) is 12.1 Å². The minimum atomic E-state index is -0.00880. The normalized spacial score (nSPS) is 16.8. The molecule has 4 rings (SSSR count). The van der Waals surface area contributed by atoms with Crippen molar-refractivity contribution in [3.8, 4) is 6.07 Å². The Balaban J connectivity index is 1.70. The van der Waals surface area contributed by atoms with E-state index in [4.69, 9.17) is 10.2 Å². The summed E-state index contributed by atoms with van der Waals surface area (Å²) >= 11 is 0. The van der Waals surface area contributed by atoms with E-state index in [1.165, 1.54) is 0 Å². The zero-order chi connectivity index (χ0) is 18.1. The Bertz CT molecular complexity index is 997. The van der Waals surface area contributed by atoms with Crippen LogP contribution in [0.3, 0.4) is 0 Å². The van der Waals surface area contributed by atoms with Gasteiger partial charge in [0.2, 0.25) is 0 Å². The van der Waals surface area contributed by atoms with Gasteiger partial charge in [0.15, 0.2) is 0 Å². The SMILES string of the molecule is CCn1c([C@@H]2CCCN2C(=O)c2ccc(C#N)cc2)nc2ccccc21. The lowest BCUT2D eigenvalue weighted by atomic mass is 10.1. The summed E-state index contributed by atoms with van der Waals surface area (Å²) in [5, 5.41) is 8.94. The molecule has 1 amide bonds. The second-order valence-electron chi connectivity index (χ2n) is 6.55. The monoisotopic (exact) mass is 344 g/mol. The van der Waals surface area contributed by atoms with Crippen LogP contribution in [-0.2, 0) is 6.54 Å². The molecule has 1 aliphatic rings. The van der Waals surface area contributed by atoms with Crippen molar-refractivity contribution in [2.75, 3.05) is 6.54 Å². The highest BCUT2D eigenvalue weighted by molar-refractivity contribution is 5.94. The van der Waals surface area contributed by atoms with E-state index in [9.17, 15) is 4.79 Å². The molecule has 0 spiro atoms. The molecule has 0 N–H and O–H groups in total. The van der Waals surface area contributed by atoms with Crippen LogP contribution in [-0.4, -0.2) is 26.9 Å². The molecule has 130 valence electrons. The maximum Gasteiger partial charge on any atom is 0.254 e. The second-order valence-corrected chi connectivity index (χ2v) is 6.55. The summed E-state index contributed by atoms with van der Waals surface area (Å²) in [7, 11) is 0. The molecule has 2 heterocycles. The Morgan fingerprint density at radius 3 is 2.73 bits per heavy atom. The van der Waals surface area contributed by atoms with Gasteiger partial charge in [-0.3, -0.25) is 4.79 Å². The number of aryl methyl sites for hydroxylation is 1. The molecule has 1 saturated heterocycles. The van der Waals surface area contributed by atoms with E-state index in [-0.39, 0.29) is 11.9 Å². The Kier molecular flexibility index (Phi) is 4.18. The summed E-state index contributed by atoms with van der Waals surface area (Å²) in [6, 6.07) is 17.1. The number of imidazole rings is 1. The first-order chi connectivity index (χ1) is 12.7. The van der Waals surface area contributed by atoms with Crippen LogP contribution in [0.1, 0.15) is 47.6 Å².